The van der Waals surface area contributed by atoms with E-state index in [-0.39, 0.29) is 61.7 Å². The van der Waals surface area contributed by atoms with Crippen LogP contribution in [0, 0.1) is 0 Å². The number of carboxylic acid groups (broad SMARTS) is 1. The zero-order valence-electron chi connectivity index (χ0n) is 21.3. The molecule has 0 spiro atoms. The summed E-state index contributed by atoms with van der Waals surface area (Å²) in [4.78, 5) is 26.2. The number of carbonyl (C=O) groups excluding carboxylic acids is 2. The van der Waals surface area contributed by atoms with Crippen LogP contribution < -0.4 is 14.2 Å². The van der Waals surface area contributed by atoms with Gasteiger partial charge in [0.05, 0.1) is 12.2 Å². The smallest absolute Gasteiger partial charge is 0.547 e. The summed E-state index contributed by atoms with van der Waals surface area (Å²) >= 11 is 0. The van der Waals surface area contributed by atoms with E-state index in [1.807, 2.05) is 18.2 Å². The fourth-order valence-electron chi connectivity index (χ4n) is 3.58. The standard InChI is InChI=1S/C28H29NO7S.CH4.Mg/c1-3-35-26(28(31)32)20-22-11-15-24(16-12-22)29(27(30)23-9-5-4-6-10-23)19-7-8-21-13-17-25(18-14-21)36-37(2,33)34;;/h4-18,26H,3,19-20H2,1-2H3,(H,31,32);1H4;/q;;+2/p-1/b8-7+;;/t26-;;/m0../s1. The van der Waals surface area contributed by atoms with Gasteiger partial charge in [0, 0.05) is 30.8 Å². The van der Waals surface area contributed by atoms with Crippen LogP contribution in [0.2, 0.25) is 0 Å². The number of benzene rings is 3. The molecule has 3 aromatic carbocycles. The number of hydrogen-bond acceptors (Lipinski definition) is 7. The summed E-state index contributed by atoms with van der Waals surface area (Å²) < 4.78 is 32.6. The van der Waals surface area contributed by atoms with Gasteiger partial charge in [-0.1, -0.05) is 62.0 Å². The van der Waals surface area contributed by atoms with Crippen molar-refractivity contribution in [1.82, 2.24) is 0 Å². The van der Waals surface area contributed by atoms with Crippen LogP contribution in [0.25, 0.3) is 6.08 Å². The van der Waals surface area contributed by atoms with Crippen molar-refractivity contribution in [2.75, 3.05) is 24.3 Å². The summed E-state index contributed by atoms with van der Waals surface area (Å²) in [5.74, 6) is -1.25. The molecule has 3 rings (SSSR count). The van der Waals surface area contributed by atoms with Crippen LogP contribution in [-0.2, 0) is 26.1 Å². The van der Waals surface area contributed by atoms with Crippen molar-refractivity contribution in [2.45, 2.75) is 26.9 Å². The Hall–Kier alpha value is -3.18. The van der Waals surface area contributed by atoms with Crippen LogP contribution in [0.4, 0.5) is 5.69 Å². The summed E-state index contributed by atoms with van der Waals surface area (Å²) in [5, 5.41) is 11.3. The second-order valence-corrected chi connectivity index (χ2v) is 9.75. The van der Waals surface area contributed by atoms with Crippen molar-refractivity contribution < 1.29 is 32.0 Å². The number of hydrogen-bond donors (Lipinski definition) is 0. The molecule has 3 aromatic rings. The topological polar surface area (TPSA) is 113 Å². The molecule has 0 radical (unpaired) electrons. The van der Waals surface area contributed by atoms with Gasteiger partial charge in [-0.3, -0.25) is 4.79 Å². The molecule has 8 nitrogen and oxygen atoms in total. The van der Waals surface area contributed by atoms with E-state index >= 15 is 0 Å². The van der Waals surface area contributed by atoms with Gasteiger partial charge in [0.25, 0.3) is 5.91 Å². The first kappa shape index (κ1) is 33.8. The summed E-state index contributed by atoms with van der Waals surface area (Å²) in [6.07, 6.45) is 3.72. The normalized spacial score (nSPS) is 11.6. The molecule has 0 aliphatic heterocycles. The molecule has 0 aromatic heterocycles. The molecule has 10 heteroatoms. The molecule has 0 bridgehead atoms. The molecular formula is C29H32MgNO7S+. The maximum atomic E-state index is 13.3. The number of anilines is 1. The van der Waals surface area contributed by atoms with Crippen LogP contribution in [0.15, 0.2) is 84.9 Å². The third-order valence-corrected chi connectivity index (χ3v) is 5.79. The van der Waals surface area contributed by atoms with E-state index in [0.29, 0.717) is 11.3 Å². The molecule has 1 atom stereocenters. The Morgan fingerprint density at radius 2 is 1.59 bits per heavy atom. The Kier molecular flexibility index (Phi) is 13.9. The molecule has 0 saturated carbocycles. The molecule has 39 heavy (non-hydrogen) atoms. The minimum atomic E-state index is -3.60. The molecule has 0 aliphatic carbocycles. The SMILES string of the molecule is C.CCO[C@@H](Cc1ccc(N(C/C=C/c2ccc(OS(C)(=O)=O)cc2)C(=O)c2ccccc2)cc1)C(=O)[O-].[Mg+2]. The van der Waals surface area contributed by atoms with Gasteiger partial charge in [0.15, 0.2) is 0 Å². The van der Waals surface area contributed by atoms with Gasteiger partial charge < -0.3 is 23.7 Å². The molecule has 1 amide bonds. The predicted molar refractivity (Wildman–Crippen MR) is 152 cm³/mol. The van der Waals surface area contributed by atoms with Crippen molar-refractivity contribution in [1.29, 1.82) is 0 Å². The second-order valence-electron chi connectivity index (χ2n) is 8.17. The van der Waals surface area contributed by atoms with E-state index in [4.69, 9.17) is 8.92 Å². The number of aliphatic carboxylic acids is 1. The van der Waals surface area contributed by atoms with Gasteiger partial charge in [-0.05, 0) is 54.4 Å². The average molecular weight is 563 g/mol. The van der Waals surface area contributed by atoms with Gasteiger partial charge in [-0.2, -0.15) is 8.42 Å². The molecule has 0 unspecified atom stereocenters. The second kappa shape index (κ2) is 16.0. The van der Waals surface area contributed by atoms with E-state index in [2.05, 4.69) is 0 Å². The quantitative estimate of drug-likeness (QED) is 0.246. The largest absolute Gasteiger partial charge is 2.00 e. The first-order valence-electron chi connectivity index (χ1n) is 11.6. The summed E-state index contributed by atoms with van der Waals surface area (Å²) in [6, 6.07) is 22.5. The Bertz CT molecular complexity index is 1330. The van der Waals surface area contributed by atoms with Crippen molar-refractivity contribution in [2.24, 2.45) is 0 Å². The van der Waals surface area contributed by atoms with Crippen molar-refractivity contribution in [3.05, 3.63) is 102 Å². The van der Waals surface area contributed by atoms with Gasteiger partial charge in [-0.15, -0.1) is 0 Å². The number of ether oxygens (including phenoxy) is 1. The van der Waals surface area contributed by atoms with Crippen LogP contribution >= 0.6 is 0 Å². The van der Waals surface area contributed by atoms with E-state index in [0.717, 1.165) is 17.4 Å². The Labute approximate surface area is 246 Å². The summed E-state index contributed by atoms with van der Waals surface area (Å²) in [7, 11) is -3.60. The Balaban J connectivity index is 0.00000380. The van der Waals surface area contributed by atoms with Crippen molar-refractivity contribution >= 4 is 56.8 Å². The fraction of sp³-hybridized carbons (Fsp3) is 0.241. The van der Waals surface area contributed by atoms with Gasteiger partial charge in [0.2, 0.25) is 0 Å². The van der Waals surface area contributed by atoms with Crippen LogP contribution in [0.3, 0.4) is 0 Å². The van der Waals surface area contributed by atoms with Gasteiger partial charge >= 0.3 is 33.2 Å². The van der Waals surface area contributed by atoms with Crippen molar-refractivity contribution in [3.63, 3.8) is 0 Å². The number of rotatable bonds is 12. The van der Waals surface area contributed by atoms with Crippen LogP contribution in [0.1, 0.15) is 35.8 Å². The summed E-state index contributed by atoms with van der Waals surface area (Å²) in [6.45, 7) is 2.24. The predicted octanol–water partition coefficient (Wildman–Crippen LogP) is 3.34. The minimum absolute atomic E-state index is 0. The van der Waals surface area contributed by atoms with E-state index in [9.17, 15) is 23.1 Å². The van der Waals surface area contributed by atoms with E-state index < -0.39 is 22.2 Å². The maximum absolute atomic E-state index is 13.3. The molecular weight excluding hydrogens is 531 g/mol. The average Bonchev–Trinajstić information content (AvgIpc) is 2.87. The molecule has 0 heterocycles. The minimum Gasteiger partial charge on any atom is -0.547 e. The number of carbonyl (C=O) groups is 2. The Morgan fingerprint density at radius 3 is 2.13 bits per heavy atom. The first-order valence-corrected chi connectivity index (χ1v) is 13.4. The molecule has 0 fully saturated rings. The zero-order valence-corrected chi connectivity index (χ0v) is 23.5. The Morgan fingerprint density at radius 1 is 0.974 bits per heavy atom. The van der Waals surface area contributed by atoms with Crippen molar-refractivity contribution in [3.8, 4) is 5.75 Å². The third-order valence-electron chi connectivity index (χ3n) is 5.29. The molecule has 202 valence electrons. The zero-order chi connectivity index (χ0) is 26.8. The number of nitrogens with zero attached hydrogens (tertiary/aromatic N) is 1. The monoisotopic (exact) mass is 562 g/mol. The fourth-order valence-corrected chi connectivity index (χ4v) is 4.04. The summed E-state index contributed by atoms with van der Waals surface area (Å²) in [5.41, 5.74) is 2.70. The third kappa shape index (κ3) is 10.8. The molecule has 0 N–H and O–H groups in total. The van der Waals surface area contributed by atoms with Gasteiger partial charge in [0.1, 0.15) is 11.9 Å². The van der Waals surface area contributed by atoms with E-state index in [1.54, 1.807) is 84.6 Å². The maximum Gasteiger partial charge on any atom is 2.00 e. The van der Waals surface area contributed by atoms with Gasteiger partial charge in [-0.25, -0.2) is 0 Å². The van der Waals surface area contributed by atoms with Crippen LogP contribution in [-0.4, -0.2) is 68.9 Å². The molecule has 0 aliphatic rings. The van der Waals surface area contributed by atoms with Crippen LogP contribution in [0.5, 0.6) is 5.75 Å². The number of amides is 1. The number of carboxylic acids is 1. The first-order chi connectivity index (χ1) is 17.7. The van der Waals surface area contributed by atoms with E-state index in [1.165, 1.54) is 0 Å². The molecule has 0 saturated heterocycles.